The van der Waals surface area contributed by atoms with E-state index in [0.717, 1.165) is 0 Å². The number of non-ortho nitro benzene ring substituents is 1. The number of carbonyl (C=O) groups is 1. The second-order valence-corrected chi connectivity index (χ2v) is 5.10. The van der Waals surface area contributed by atoms with Crippen LogP contribution in [0.25, 0.3) is 0 Å². The molecule has 0 aliphatic carbocycles. The average molecular weight is 296 g/mol. The molecule has 21 heavy (non-hydrogen) atoms. The molecule has 0 amide bonds. The molecule has 0 aliphatic heterocycles. The number of benzene rings is 1. The third-order valence-corrected chi connectivity index (χ3v) is 3.11. The molecular formula is C14H20N2O5. The highest BCUT2D eigenvalue weighted by molar-refractivity contribution is 5.67. The van der Waals surface area contributed by atoms with Gasteiger partial charge >= 0.3 is 5.97 Å². The Morgan fingerprint density at radius 1 is 1.43 bits per heavy atom. The monoisotopic (exact) mass is 296 g/mol. The number of ether oxygens (including phenoxy) is 1. The van der Waals surface area contributed by atoms with E-state index in [0.29, 0.717) is 25.3 Å². The number of nitro benzene ring substituents is 1. The minimum Gasteiger partial charge on any atom is -0.493 e. The van der Waals surface area contributed by atoms with E-state index >= 15 is 0 Å². The van der Waals surface area contributed by atoms with Gasteiger partial charge in [-0.25, -0.2) is 0 Å². The Morgan fingerprint density at radius 3 is 2.52 bits per heavy atom. The number of carboxylic acids is 1. The topological polar surface area (TPSA) is 116 Å². The lowest BCUT2D eigenvalue weighted by molar-refractivity contribution is -0.384. The van der Waals surface area contributed by atoms with Gasteiger partial charge in [0.2, 0.25) is 0 Å². The van der Waals surface area contributed by atoms with E-state index in [4.69, 9.17) is 15.6 Å². The Morgan fingerprint density at radius 2 is 2.05 bits per heavy atom. The zero-order valence-electron chi connectivity index (χ0n) is 11.9. The van der Waals surface area contributed by atoms with E-state index in [2.05, 4.69) is 0 Å². The third kappa shape index (κ3) is 6.22. The molecule has 1 aromatic carbocycles. The van der Waals surface area contributed by atoms with Crippen LogP contribution in [-0.4, -0.2) is 29.2 Å². The highest BCUT2D eigenvalue weighted by Crippen LogP contribution is 2.20. The molecule has 7 heteroatoms. The van der Waals surface area contributed by atoms with Crippen molar-refractivity contribution in [1.29, 1.82) is 0 Å². The van der Waals surface area contributed by atoms with E-state index < -0.39 is 10.9 Å². The van der Waals surface area contributed by atoms with Crippen molar-refractivity contribution in [3.8, 4) is 5.75 Å². The van der Waals surface area contributed by atoms with Gasteiger partial charge in [-0.15, -0.1) is 0 Å². The van der Waals surface area contributed by atoms with Gasteiger partial charge < -0.3 is 15.6 Å². The van der Waals surface area contributed by atoms with Crippen LogP contribution in [0.4, 0.5) is 5.69 Å². The molecule has 0 aliphatic rings. The Labute approximate surface area is 122 Å². The first kappa shape index (κ1) is 16.9. The lowest BCUT2D eigenvalue weighted by Crippen LogP contribution is -2.22. The quantitative estimate of drug-likeness (QED) is 0.532. The number of aliphatic carboxylic acids is 1. The molecule has 0 fully saturated rings. The van der Waals surface area contributed by atoms with Crippen LogP contribution in [0.15, 0.2) is 24.3 Å². The van der Waals surface area contributed by atoms with Crippen LogP contribution in [0.2, 0.25) is 0 Å². The van der Waals surface area contributed by atoms with Crippen LogP contribution < -0.4 is 10.5 Å². The van der Waals surface area contributed by atoms with Crippen molar-refractivity contribution in [2.75, 3.05) is 13.2 Å². The molecule has 0 saturated carbocycles. The summed E-state index contributed by atoms with van der Waals surface area (Å²) in [7, 11) is 0. The standard InChI is InChI=1S/C14H20N2O5/c1-10(6-11(8-15)7-14(17)18)9-21-13-4-2-12(3-5-13)16(19)20/h2-5,10-11H,6-9,15H2,1H3,(H,17,18)/t10?,11-/m0/s1. The Kier molecular flexibility index (Phi) is 6.61. The minimum absolute atomic E-state index is 0.0139. The smallest absolute Gasteiger partial charge is 0.303 e. The number of hydrogen-bond donors (Lipinski definition) is 2. The van der Waals surface area contributed by atoms with E-state index in [1.165, 1.54) is 12.1 Å². The van der Waals surface area contributed by atoms with Crippen molar-refractivity contribution in [3.05, 3.63) is 34.4 Å². The van der Waals surface area contributed by atoms with Gasteiger partial charge in [-0.1, -0.05) is 6.92 Å². The molecule has 0 heterocycles. The van der Waals surface area contributed by atoms with Crippen molar-refractivity contribution in [2.45, 2.75) is 19.8 Å². The molecule has 116 valence electrons. The molecule has 7 nitrogen and oxygen atoms in total. The average Bonchev–Trinajstić information content (AvgIpc) is 2.44. The summed E-state index contributed by atoms with van der Waals surface area (Å²) < 4.78 is 5.54. The molecule has 1 aromatic rings. The van der Waals surface area contributed by atoms with Gasteiger partial charge in [0.15, 0.2) is 0 Å². The van der Waals surface area contributed by atoms with Gasteiger partial charge in [-0.2, -0.15) is 0 Å². The second-order valence-electron chi connectivity index (χ2n) is 5.10. The highest BCUT2D eigenvalue weighted by atomic mass is 16.6. The first-order valence-electron chi connectivity index (χ1n) is 6.71. The van der Waals surface area contributed by atoms with Gasteiger partial charge in [0.05, 0.1) is 11.5 Å². The van der Waals surface area contributed by atoms with Gasteiger partial charge in [0.25, 0.3) is 5.69 Å². The molecule has 2 atom stereocenters. The maximum absolute atomic E-state index is 10.7. The summed E-state index contributed by atoms with van der Waals surface area (Å²) in [6, 6.07) is 5.85. The fourth-order valence-electron chi connectivity index (χ4n) is 2.05. The van der Waals surface area contributed by atoms with Crippen LogP contribution in [0.3, 0.4) is 0 Å². The SMILES string of the molecule is CC(COc1ccc([N+](=O)[O-])cc1)C[C@H](CN)CC(=O)O. The van der Waals surface area contributed by atoms with Gasteiger partial charge in [0.1, 0.15) is 5.75 Å². The van der Waals surface area contributed by atoms with Crippen molar-refractivity contribution in [3.63, 3.8) is 0 Å². The molecule has 0 spiro atoms. The van der Waals surface area contributed by atoms with Crippen LogP contribution in [0, 0.1) is 22.0 Å². The fourth-order valence-corrected chi connectivity index (χ4v) is 2.05. The summed E-state index contributed by atoms with van der Waals surface area (Å²) in [5, 5.41) is 19.3. The first-order valence-corrected chi connectivity index (χ1v) is 6.71. The molecule has 1 unspecified atom stereocenters. The molecule has 3 N–H and O–H groups in total. The van der Waals surface area contributed by atoms with E-state index in [1.54, 1.807) is 12.1 Å². The summed E-state index contributed by atoms with van der Waals surface area (Å²) >= 11 is 0. The zero-order chi connectivity index (χ0) is 15.8. The lowest BCUT2D eigenvalue weighted by Gasteiger charge is -2.18. The predicted molar refractivity (Wildman–Crippen MR) is 77.2 cm³/mol. The van der Waals surface area contributed by atoms with E-state index in [9.17, 15) is 14.9 Å². The Hall–Kier alpha value is -2.15. The Balaban J connectivity index is 2.43. The number of nitrogens with zero attached hydrogens (tertiary/aromatic N) is 1. The summed E-state index contributed by atoms with van der Waals surface area (Å²) in [6.07, 6.45) is 0.716. The summed E-state index contributed by atoms with van der Waals surface area (Å²) in [5.74, 6) is -0.227. The van der Waals surface area contributed by atoms with E-state index in [-0.39, 0.29) is 23.9 Å². The van der Waals surface area contributed by atoms with Crippen molar-refractivity contribution in [2.24, 2.45) is 17.6 Å². The van der Waals surface area contributed by atoms with Crippen molar-refractivity contribution >= 4 is 11.7 Å². The van der Waals surface area contributed by atoms with Gasteiger partial charge in [-0.05, 0) is 36.9 Å². The predicted octanol–water partition coefficient (Wildman–Crippen LogP) is 2.05. The highest BCUT2D eigenvalue weighted by Gasteiger charge is 2.16. The first-order chi connectivity index (χ1) is 9.92. The molecule has 0 radical (unpaired) electrons. The van der Waals surface area contributed by atoms with Crippen LogP contribution >= 0.6 is 0 Å². The van der Waals surface area contributed by atoms with Crippen LogP contribution in [0.1, 0.15) is 19.8 Å². The van der Waals surface area contributed by atoms with Crippen molar-refractivity contribution in [1.82, 2.24) is 0 Å². The van der Waals surface area contributed by atoms with Gasteiger partial charge in [-0.3, -0.25) is 14.9 Å². The largest absolute Gasteiger partial charge is 0.493 e. The number of nitro groups is 1. The fraction of sp³-hybridized carbons (Fsp3) is 0.500. The normalized spacial score (nSPS) is 13.4. The number of nitrogens with two attached hydrogens (primary N) is 1. The summed E-state index contributed by atoms with van der Waals surface area (Å²) in [6.45, 7) is 2.69. The lowest BCUT2D eigenvalue weighted by atomic mass is 9.94. The molecule has 1 rings (SSSR count). The van der Waals surface area contributed by atoms with Gasteiger partial charge in [0, 0.05) is 18.6 Å². The zero-order valence-corrected chi connectivity index (χ0v) is 11.9. The number of rotatable bonds is 9. The number of hydrogen-bond acceptors (Lipinski definition) is 5. The molecule has 0 saturated heterocycles. The van der Waals surface area contributed by atoms with Crippen LogP contribution in [-0.2, 0) is 4.79 Å². The molecule has 0 aromatic heterocycles. The third-order valence-electron chi connectivity index (χ3n) is 3.11. The molecule has 0 bridgehead atoms. The van der Waals surface area contributed by atoms with Crippen LogP contribution in [0.5, 0.6) is 5.75 Å². The maximum atomic E-state index is 10.7. The Bertz CT molecular complexity index is 475. The second kappa shape index (κ2) is 8.21. The number of carboxylic acid groups (broad SMARTS) is 1. The maximum Gasteiger partial charge on any atom is 0.303 e. The molecular weight excluding hydrogens is 276 g/mol. The summed E-state index contributed by atoms with van der Waals surface area (Å²) in [4.78, 5) is 20.7. The summed E-state index contributed by atoms with van der Waals surface area (Å²) in [5.41, 5.74) is 5.57. The van der Waals surface area contributed by atoms with E-state index in [1.807, 2.05) is 6.92 Å². The van der Waals surface area contributed by atoms with Crippen molar-refractivity contribution < 1.29 is 19.6 Å². The minimum atomic E-state index is -0.853.